The summed E-state index contributed by atoms with van der Waals surface area (Å²) in [4.78, 5) is 11.3. The maximum atomic E-state index is 11.3. The van der Waals surface area contributed by atoms with Crippen LogP contribution in [0.1, 0.15) is 56.0 Å². The van der Waals surface area contributed by atoms with Crippen LogP contribution in [0.5, 0.6) is 0 Å². The number of hydrogen-bond donors (Lipinski definition) is 1. The summed E-state index contributed by atoms with van der Waals surface area (Å²) in [5.41, 5.74) is 0. The van der Waals surface area contributed by atoms with Crippen molar-refractivity contribution in [3.8, 4) is 0 Å². The van der Waals surface area contributed by atoms with Crippen LogP contribution >= 0.6 is 0 Å². The van der Waals surface area contributed by atoms with Crippen LogP contribution in [-0.2, 0) is 4.74 Å². The summed E-state index contributed by atoms with van der Waals surface area (Å²) in [7, 11) is 1.35. The van der Waals surface area contributed by atoms with Gasteiger partial charge in [0, 0.05) is 0 Å². The molecule has 0 aliphatic carbocycles. The zero-order valence-electron chi connectivity index (χ0n) is 11.7. The van der Waals surface area contributed by atoms with Crippen LogP contribution in [0.25, 0.3) is 0 Å². The lowest BCUT2D eigenvalue weighted by Gasteiger charge is -2.18. The highest BCUT2D eigenvalue weighted by molar-refractivity contribution is 5.86. The number of furan rings is 1. The van der Waals surface area contributed by atoms with Gasteiger partial charge in [-0.05, 0) is 37.4 Å². The van der Waals surface area contributed by atoms with Crippen LogP contribution < -0.4 is 5.32 Å². The lowest BCUT2D eigenvalue weighted by Crippen LogP contribution is -2.23. The van der Waals surface area contributed by atoms with Gasteiger partial charge in [0.1, 0.15) is 5.76 Å². The third-order valence-corrected chi connectivity index (χ3v) is 2.70. The number of carbonyl (C=O) groups is 1. The van der Waals surface area contributed by atoms with Crippen molar-refractivity contribution in [1.82, 2.24) is 5.32 Å². The molecule has 1 aromatic rings. The summed E-state index contributed by atoms with van der Waals surface area (Å²) in [5.74, 6) is 1.20. The largest absolute Gasteiger partial charge is 0.463 e. The Balaban J connectivity index is 2.77. The van der Waals surface area contributed by atoms with E-state index in [-0.39, 0.29) is 11.8 Å². The van der Waals surface area contributed by atoms with Gasteiger partial charge >= 0.3 is 5.97 Å². The molecule has 0 saturated carbocycles. The zero-order valence-corrected chi connectivity index (χ0v) is 11.7. The van der Waals surface area contributed by atoms with Gasteiger partial charge in [-0.25, -0.2) is 4.79 Å². The molecule has 0 bridgehead atoms. The first-order valence-electron chi connectivity index (χ1n) is 6.49. The molecule has 1 atom stereocenters. The van der Waals surface area contributed by atoms with E-state index in [1.807, 2.05) is 6.07 Å². The number of hydrogen-bond acceptors (Lipinski definition) is 4. The molecule has 0 spiro atoms. The topological polar surface area (TPSA) is 51.5 Å². The molecular formula is C14H23NO3. The molecule has 1 aromatic heterocycles. The third kappa shape index (κ3) is 4.18. The van der Waals surface area contributed by atoms with Crippen molar-refractivity contribution < 1.29 is 13.9 Å². The van der Waals surface area contributed by atoms with Gasteiger partial charge in [0.25, 0.3) is 0 Å². The first-order valence-corrected chi connectivity index (χ1v) is 6.49. The second-order valence-electron chi connectivity index (χ2n) is 4.83. The fourth-order valence-electron chi connectivity index (χ4n) is 1.84. The van der Waals surface area contributed by atoms with E-state index in [2.05, 4.69) is 30.8 Å². The van der Waals surface area contributed by atoms with Gasteiger partial charge in [0.05, 0.1) is 13.2 Å². The highest BCUT2D eigenvalue weighted by Crippen LogP contribution is 2.23. The molecule has 0 aliphatic rings. The van der Waals surface area contributed by atoms with Crippen LogP contribution in [0.4, 0.5) is 0 Å². The van der Waals surface area contributed by atoms with Gasteiger partial charge < -0.3 is 14.5 Å². The first kappa shape index (κ1) is 14.8. The molecule has 0 saturated heterocycles. The molecular weight excluding hydrogens is 230 g/mol. The van der Waals surface area contributed by atoms with E-state index in [0.29, 0.717) is 5.92 Å². The predicted molar refractivity (Wildman–Crippen MR) is 70.5 cm³/mol. The van der Waals surface area contributed by atoms with Gasteiger partial charge in [-0.15, -0.1) is 0 Å². The molecule has 102 valence electrons. The smallest absolute Gasteiger partial charge is 0.373 e. The number of nitrogens with one attached hydrogen (secondary N) is 1. The standard InChI is InChI=1S/C14H23NO3/c1-5-8-15-11(9-10(2)3)12-6-7-13(18-12)14(16)17-4/h6-7,10-11,15H,5,8-9H2,1-4H3. The number of esters is 1. The van der Waals surface area contributed by atoms with E-state index >= 15 is 0 Å². The molecule has 1 heterocycles. The second kappa shape index (κ2) is 7.21. The molecule has 0 fully saturated rings. The molecule has 0 aliphatic heterocycles. The maximum Gasteiger partial charge on any atom is 0.373 e. The fourth-order valence-corrected chi connectivity index (χ4v) is 1.84. The Morgan fingerprint density at radius 3 is 2.72 bits per heavy atom. The molecule has 18 heavy (non-hydrogen) atoms. The summed E-state index contributed by atoms with van der Waals surface area (Å²) in [5, 5.41) is 3.44. The van der Waals surface area contributed by atoms with Crippen LogP contribution in [0, 0.1) is 5.92 Å². The van der Waals surface area contributed by atoms with Gasteiger partial charge in [0.15, 0.2) is 0 Å². The van der Waals surface area contributed by atoms with Crippen molar-refractivity contribution in [3.05, 3.63) is 23.7 Å². The second-order valence-corrected chi connectivity index (χ2v) is 4.83. The lowest BCUT2D eigenvalue weighted by atomic mass is 10.0. The minimum Gasteiger partial charge on any atom is -0.463 e. The van der Waals surface area contributed by atoms with Crippen molar-refractivity contribution in [2.45, 2.75) is 39.7 Å². The minimum atomic E-state index is -0.431. The summed E-state index contributed by atoms with van der Waals surface area (Å²) in [6, 6.07) is 3.67. The Bertz CT molecular complexity index is 371. The summed E-state index contributed by atoms with van der Waals surface area (Å²) in [6.07, 6.45) is 2.05. The van der Waals surface area contributed by atoms with E-state index in [1.165, 1.54) is 7.11 Å². The minimum absolute atomic E-state index is 0.156. The monoisotopic (exact) mass is 253 g/mol. The molecule has 4 heteroatoms. The van der Waals surface area contributed by atoms with Crippen LogP contribution in [0.15, 0.2) is 16.5 Å². The fraction of sp³-hybridized carbons (Fsp3) is 0.643. The molecule has 0 amide bonds. The quantitative estimate of drug-likeness (QED) is 0.758. The number of carbonyl (C=O) groups excluding carboxylic acids is 1. The Morgan fingerprint density at radius 1 is 1.44 bits per heavy atom. The Morgan fingerprint density at radius 2 is 2.17 bits per heavy atom. The molecule has 1 rings (SSSR count). The Kier molecular flexibility index (Phi) is 5.92. The normalized spacial score (nSPS) is 12.7. The summed E-state index contributed by atoms with van der Waals surface area (Å²) >= 11 is 0. The predicted octanol–water partition coefficient (Wildman–Crippen LogP) is 3.15. The number of methoxy groups -OCH3 is 1. The van der Waals surface area contributed by atoms with Crippen molar-refractivity contribution in [2.75, 3.05) is 13.7 Å². The zero-order chi connectivity index (χ0) is 13.5. The van der Waals surface area contributed by atoms with Gasteiger partial charge in [-0.3, -0.25) is 0 Å². The van der Waals surface area contributed by atoms with Crippen LogP contribution in [0.3, 0.4) is 0 Å². The molecule has 1 unspecified atom stereocenters. The average molecular weight is 253 g/mol. The number of rotatable bonds is 7. The van der Waals surface area contributed by atoms with E-state index in [4.69, 9.17) is 4.42 Å². The van der Waals surface area contributed by atoms with E-state index in [1.54, 1.807) is 6.07 Å². The molecule has 0 radical (unpaired) electrons. The summed E-state index contributed by atoms with van der Waals surface area (Å²) < 4.78 is 10.2. The van der Waals surface area contributed by atoms with E-state index in [0.717, 1.165) is 25.1 Å². The van der Waals surface area contributed by atoms with E-state index in [9.17, 15) is 4.79 Å². The Hall–Kier alpha value is -1.29. The van der Waals surface area contributed by atoms with Crippen LogP contribution in [0.2, 0.25) is 0 Å². The lowest BCUT2D eigenvalue weighted by molar-refractivity contribution is 0.0561. The Labute approximate surface area is 109 Å². The van der Waals surface area contributed by atoms with Crippen molar-refractivity contribution in [1.29, 1.82) is 0 Å². The third-order valence-electron chi connectivity index (χ3n) is 2.70. The van der Waals surface area contributed by atoms with Crippen molar-refractivity contribution in [3.63, 3.8) is 0 Å². The molecule has 0 aromatic carbocycles. The number of ether oxygens (including phenoxy) is 1. The highest BCUT2D eigenvalue weighted by Gasteiger charge is 2.19. The van der Waals surface area contributed by atoms with E-state index < -0.39 is 5.97 Å². The SMILES string of the molecule is CCCNC(CC(C)C)c1ccc(C(=O)OC)o1. The average Bonchev–Trinajstić information content (AvgIpc) is 2.82. The van der Waals surface area contributed by atoms with Gasteiger partial charge in [-0.1, -0.05) is 20.8 Å². The highest BCUT2D eigenvalue weighted by atomic mass is 16.5. The van der Waals surface area contributed by atoms with Crippen molar-refractivity contribution in [2.24, 2.45) is 5.92 Å². The maximum absolute atomic E-state index is 11.3. The molecule has 1 N–H and O–H groups in total. The van der Waals surface area contributed by atoms with Crippen molar-refractivity contribution >= 4 is 5.97 Å². The first-order chi connectivity index (χ1) is 8.58. The summed E-state index contributed by atoms with van der Waals surface area (Å²) in [6.45, 7) is 7.41. The van der Waals surface area contributed by atoms with Gasteiger partial charge in [0.2, 0.25) is 5.76 Å². The van der Waals surface area contributed by atoms with Crippen LogP contribution in [-0.4, -0.2) is 19.6 Å². The molecule has 4 nitrogen and oxygen atoms in total. The van der Waals surface area contributed by atoms with Gasteiger partial charge in [-0.2, -0.15) is 0 Å².